The molecule has 0 fully saturated rings. The van der Waals surface area contributed by atoms with Gasteiger partial charge in [-0.3, -0.25) is 0 Å². The first kappa shape index (κ1) is 12.7. The van der Waals surface area contributed by atoms with E-state index in [9.17, 15) is 4.39 Å². The summed E-state index contributed by atoms with van der Waals surface area (Å²) in [4.78, 5) is 2.00. The Balaban J connectivity index is 2.15. The highest BCUT2D eigenvalue weighted by Crippen LogP contribution is 2.22. The maximum absolute atomic E-state index is 12.8. The summed E-state index contributed by atoms with van der Waals surface area (Å²) < 4.78 is 12.8. The Hall–Kier alpha value is -1.74. The van der Waals surface area contributed by atoms with Crippen LogP contribution in [0.2, 0.25) is 5.02 Å². The van der Waals surface area contributed by atoms with E-state index in [1.165, 1.54) is 12.1 Å². The van der Waals surface area contributed by atoms with E-state index in [-0.39, 0.29) is 5.82 Å². The quantitative estimate of drug-likeness (QED) is 0.857. The lowest BCUT2D eigenvalue weighted by Crippen LogP contribution is -2.17. The Morgan fingerprint density at radius 1 is 1.17 bits per heavy atom. The minimum absolute atomic E-state index is 0.238. The first-order valence-electron chi connectivity index (χ1n) is 5.57. The van der Waals surface area contributed by atoms with Crippen molar-refractivity contribution in [3.8, 4) is 0 Å². The fourth-order valence-corrected chi connectivity index (χ4v) is 1.93. The molecule has 94 valence electrons. The molecule has 18 heavy (non-hydrogen) atoms. The zero-order valence-electron chi connectivity index (χ0n) is 10.0. The van der Waals surface area contributed by atoms with E-state index in [1.54, 1.807) is 18.2 Å². The molecule has 2 aromatic carbocycles. The molecule has 0 saturated carbocycles. The van der Waals surface area contributed by atoms with Crippen molar-refractivity contribution < 1.29 is 4.39 Å². The molecule has 0 aromatic heterocycles. The minimum atomic E-state index is -0.238. The number of nitrogen functional groups attached to an aromatic ring is 1. The summed E-state index contributed by atoms with van der Waals surface area (Å²) in [6.45, 7) is 0.647. The molecule has 0 atom stereocenters. The molecule has 0 amide bonds. The number of halogens is 2. The summed E-state index contributed by atoms with van der Waals surface area (Å²) in [6, 6.07) is 11.8. The van der Waals surface area contributed by atoms with Crippen LogP contribution in [0.4, 0.5) is 15.8 Å². The van der Waals surface area contributed by atoms with Gasteiger partial charge in [0, 0.05) is 30.0 Å². The van der Waals surface area contributed by atoms with Crippen LogP contribution in [-0.2, 0) is 6.54 Å². The summed E-state index contributed by atoms with van der Waals surface area (Å²) >= 11 is 5.85. The second-order valence-electron chi connectivity index (χ2n) is 4.18. The normalized spacial score (nSPS) is 10.4. The fourth-order valence-electron chi connectivity index (χ4n) is 1.75. The zero-order valence-corrected chi connectivity index (χ0v) is 10.8. The topological polar surface area (TPSA) is 29.3 Å². The van der Waals surface area contributed by atoms with E-state index in [1.807, 2.05) is 24.1 Å². The number of nitrogens with two attached hydrogens (primary N) is 1. The third-order valence-electron chi connectivity index (χ3n) is 2.78. The van der Waals surface area contributed by atoms with E-state index >= 15 is 0 Å². The van der Waals surface area contributed by atoms with Gasteiger partial charge in [0.15, 0.2) is 0 Å². The van der Waals surface area contributed by atoms with Crippen molar-refractivity contribution in [2.75, 3.05) is 17.7 Å². The Morgan fingerprint density at radius 3 is 2.44 bits per heavy atom. The molecule has 0 bridgehead atoms. The van der Waals surface area contributed by atoms with Gasteiger partial charge < -0.3 is 10.6 Å². The van der Waals surface area contributed by atoms with Crippen molar-refractivity contribution in [1.82, 2.24) is 0 Å². The van der Waals surface area contributed by atoms with Crippen LogP contribution < -0.4 is 10.6 Å². The van der Waals surface area contributed by atoms with Crippen LogP contribution in [-0.4, -0.2) is 7.05 Å². The van der Waals surface area contributed by atoms with Gasteiger partial charge in [0.05, 0.1) is 0 Å². The van der Waals surface area contributed by atoms with E-state index < -0.39 is 0 Å². The molecule has 2 N–H and O–H groups in total. The van der Waals surface area contributed by atoms with Crippen molar-refractivity contribution >= 4 is 23.0 Å². The standard InChI is InChI=1S/C14H14ClFN2/c1-18(13-6-4-12(16)5-7-13)9-10-2-3-11(15)8-14(10)17/h2-8H,9,17H2,1H3. The Morgan fingerprint density at radius 2 is 1.83 bits per heavy atom. The maximum atomic E-state index is 12.8. The summed E-state index contributed by atoms with van der Waals surface area (Å²) in [5, 5.41) is 0.626. The Labute approximate surface area is 111 Å². The highest BCUT2D eigenvalue weighted by Gasteiger charge is 2.05. The van der Waals surface area contributed by atoms with Crippen molar-refractivity contribution in [3.05, 3.63) is 58.9 Å². The van der Waals surface area contributed by atoms with Crippen LogP contribution in [0.25, 0.3) is 0 Å². The second-order valence-corrected chi connectivity index (χ2v) is 4.61. The first-order chi connectivity index (χ1) is 8.56. The molecule has 0 spiro atoms. The van der Waals surface area contributed by atoms with E-state index in [2.05, 4.69) is 0 Å². The smallest absolute Gasteiger partial charge is 0.123 e. The molecule has 0 saturated heterocycles. The number of rotatable bonds is 3. The lowest BCUT2D eigenvalue weighted by Gasteiger charge is -2.20. The average molecular weight is 265 g/mol. The predicted octanol–water partition coefficient (Wildman–Crippen LogP) is 3.70. The van der Waals surface area contributed by atoms with E-state index in [0.29, 0.717) is 17.3 Å². The summed E-state index contributed by atoms with van der Waals surface area (Å²) in [6.07, 6.45) is 0. The zero-order chi connectivity index (χ0) is 13.1. The number of benzene rings is 2. The van der Waals surface area contributed by atoms with Gasteiger partial charge in [0.25, 0.3) is 0 Å². The van der Waals surface area contributed by atoms with E-state index in [4.69, 9.17) is 17.3 Å². The van der Waals surface area contributed by atoms with Crippen molar-refractivity contribution in [2.45, 2.75) is 6.54 Å². The third kappa shape index (κ3) is 2.93. The molecular weight excluding hydrogens is 251 g/mol. The van der Waals surface area contributed by atoms with Gasteiger partial charge in [0.2, 0.25) is 0 Å². The van der Waals surface area contributed by atoms with Gasteiger partial charge >= 0.3 is 0 Å². The van der Waals surface area contributed by atoms with Gasteiger partial charge in [-0.2, -0.15) is 0 Å². The molecule has 2 nitrogen and oxygen atoms in total. The molecule has 2 rings (SSSR count). The molecule has 0 unspecified atom stereocenters. The average Bonchev–Trinajstić information content (AvgIpc) is 2.33. The fraction of sp³-hybridized carbons (Fsp3) is 0.143. The van der Waals surface area contributed by atoms with Crippen LogP contribution in [0.15, 0.2) is 42.5 Å². The van der Waals surface area contributed by atoms with Crippen LogP contribution in [0, 0.1) is 5.82 Å². The highest BCUT2D eigenvalue weighted by molar-refractivity contribution is 6.30. The number of nitrogens with zero attached hydrogens (tertiary/aromatic N) is 1. The summed E-state index contributed by atoms with van der Waals surface area (Å²) in [5.41, 5.74) is 8.49. The monoisotopic (exact) mass is 264 g/mol. The number of anilines is 2. The number of hydrogen-bond acceptors (Lipinski definition) is 2. The van der Waals surface area contributed by atoms with Crippen LogP contribution >= 0.6 is 11.6 Å². The Bertz CT molecular complexity index is 540. The highest BCUT2D eigenvalue weighted by atomic mass is 35.5. The summed E-state index contributed by atoms with van der Waals surface area (Å²) in [5.74, 6) is -0.238. The molecular formula is C14H14ClFN2. The largest absolute Gasteiger partial charge is 0.398 e. The maximum Gasteiger partial charge on any atom is 0.123 e. The number of hydrogen-bond donors (Lipinski definition) is 1. The first-order valence-corrected chi connectivity index (χ1v) is 5.94. The van der Waals surface area contributed by atoms with Crippen molar-refractivity contribution in [3.63, 3.8) is 0 Å². The minimum Gasteiger partial charge on any atom is -0.398 e. The third-order valence-corrected chi connectivity index (χ3v) is 3.02. The lowest BCUT2D eigenvalue weighted by molar-refractivity contribution is 0.627. The SMILES string of the molecule is CN(Cc1ccc(Cl)cc1N)c1ccc(F)cc1. The summed E-state index contributed by atoms with van der Waals surface area (Å²) in [7, 11) is 1.93. The molecule has 0 aliphatic carbocycles. The molecule has 0 aliphatic heterocycles. The second kappa shape index (κ2) is 5.27. The van der Waals surface area contributed by atoms with Crippen LogP contribution in [0.3, 0.4) is 0 Å². The molecule has 2 aromatic rings. The van der Waals surface area contributed by atoms with Crippen molar-refractivity contribution in [1.29, 1.82) is 0 Å². The van der Waals surface area contributed by atoms with Crippen molar-refractivity contribution in [2.24, 2.45) is 0 Å². The lowest BCUT2D eigenvalue weighted by atomic mass is 10.1. The van der Waals surface area contributed by atoms with Gasteiger partial charge in [-0.1, -0.05) is 17.7 Å². The van der Waals surface area contributed by atoms with E-state index in [0.717, 1.165) is 11.3 Å². The molecule has 0 radical (unpaired) electrons. The predicted molar refractivity (Wildman–Crippen MR) is 74.4 cm³/mol. The molecule has 4 heteroatoms. The van der Waals surface area contributed by atoms with Crippen LogP contribution in [0.1, 0.15) is 5.56 Å². The van der Waals surface area contributed by atoms with Gasteiger partial charge in [-0.15, -0.1) is 0 Å². The van der Waals surface area contributed by atoms with Gasteiger partial charge in [0.1, 0.15) is 5.82 Å². The molecule has 0 aliphatic rings. The Kier molecular flexibility index (Phi) is 3.72. The van der Waals surface area contributed by atoms with Gasteiger partial charge in [-0.05, 0) is 42.0 Å². The van der Waals surface area contributed by atoms with Crippen LogP contribution in [0.5, 0.6) is 0 Å². The van der Waals surface area contributed by atoms with Gasteiger partial charge in [-0.25, -0.2) is 4.39 Å². The molecule has 0 heterocycles.